The molecule has 1 aromatic heterocycles. The fourth-order valence-electron chi connectivity index (χ4n) is 1.52. The van der Waals surface area contributed by atoms with Gasteiger partial charge in [0.05, 0.1) is 5.92 Å². The maximum atomic E-state index is 12.8. The SMILES string of the molecule is CC(C)c1cccc(C2CC2(F)F)n1. The number of hydrogen-bond donors (Lipinski definition) is 0. The van der Waals surface area contributed by atoms with Crippen molar-refractivity contribution in [2.75, 3.05) is 0 Å². The topological polar surface area (TPSA) is 12.9 Å². The maximum absolute atomic E-state index is 12.8. The average molecular weight is 197 g/mol. The van der Waals surface area contributed by atoms with Crippen LogP contribution in [-0.4, -0.2) is 10.9 Å². The predicted molar refractivity (Wildman–Crippen MR) is 50.6 cm³/mol. The minimum Gasteiger partial charge on any atom is -0.257 e. The van der Waals surface area contributed by atoms with Crippen molar-refractivity contribution in [2.24, 2.45) is 0 Å². The number of pyridine rings is 1. The zero-order valence-corrected chi connectivity index (χ0v) is 8.30. The summed E-state index contributed by atoms with van der Waals surface area (Å²) in [5, 5.41) is 0. The van der Waals surface area contributed by atoms with Gasteiger partial charge < -0.3 is 0 Å². The van der Waals surface area contributed by atoms with Crippen molar-refractivity contribution in [3.8, 4) is 0 Å². The maximum Gasteiger partial charge on any atom is 0.257 e. The van der Waals surface area contributed by atoms with Gasteiger partial charge in [0.25, 0.3) is 5.92 Å². The molecule has 0 N–H and O–H groups in total. The summed E-state index contributed by atoms with van der Waals surface area (Å²) in [4.78, 5) is 4.25. The van der Waals surface area contributed by atoms with Gasteiger partial charge in [0.15, 0.2) is 0 Å². The lowest BCUT2D eigenvalue weighted by molar-refractivity contribution is 0.111. The molecule has 0 aliphatic heterocycles. The van der Waals surface area contributed by atoms with Gasteiger partial charge >= 0.3 is 0 Å². The zero-order valence-electron chi connectivity index (χ0n) is 8.30. The number of nitrogens with zero attached hydrogens (tertiary/aromatic N) is 1. The first kappa shape index (κ1) is 9.56. The fraction of sp³-hybridized carbons (Fsp3) is 0.545. The molecule has 2 rings (SSSR count). The van der Waals surface area contributed by atoms with Gasteiger partial charge in [-0.25, -0.2) is 8.78 Å². The van der Waals surface area contributed by atoms with Crippen molar-refractivity contribution in [1.29, 1.82) is 0 Å². The third kappa shape index (κ3) is 1.63. The van der Waals surface area contributed by atoms with E-state index >= 15 is 0 Å². The van der Waals surface area contributed by atoms with Gasteiger partial charge in [0, 0.05) is 17.8 Å². The molecule has 1 unspecified atom stereocenters. The first-order valence-electron chi connectivity index (χ1n) is 4.85. The van der Waals surface area contributed by atoms with Crippen LogP contribution >= 0.6 is 0 Å². The van der Waals surface area contributed by atoms with Gasteiger partial charge in [0.1, 0.15) is 0 Å². The molecule has 0 aromatic carbocycles. The van der Waals surface area contributed by atoms with Crippen LogP contribution in [0.1, 0.15) is 43.5 Å². The van der Waals surface area contributed by atoms with E-state index in [1.54, 1.807) is 6.07 Å². The standard InChI is InChI=1S/C11H13F2N/c1-7(2)9-4-3-5-10(14-9)8-6-11(8,12)13/h3-5,7-8H,6H2,1-2H3. The van der Waals surface area contributed by atoms with Crippen LogP contribution in [0.3, 0.4) is 0 Å². The molecule has 0 radical (unpaired) electrons. The van der Waals surface area contributed by atoms with Crippen LogP contribution in [0.2, 0.25) is 0 Å². The molecule has 1 aliphatic carbocycles. The summed E-state index contributed by atoms with van der Waals surface area (Å²) in [5.74, 6) is -2.86. The molecule has 1 aromatic rings. The molecular weight excluding hydrogens is 184 g/mol. The third-order valence-corrected chi connectivity index (χ3v) is 2.57. The summed E-state index contributed by atoms with van der Waals surface area (Å²) in [6.07, 6.45) is -0.0401. The van der Waals surface area contributed by atoms with Crippen LogP contribution in [0.25, 0.3) is 0 Å². The molecule has 0 spiro atoms. The molecule has 1 aliphatic rings. The Morgan fingerprint density at radius 2 is 2.07 bits per heavy atom. The highest BCUT2D eigenvalue weighted by molar-refractivity contribution is 5.25. The van der Waals surface area contributed by atoms with E-state index in [0.717, 1.165) is 5.69 Å². The quantitative estimate of drug-likeness (QED) is 0.708. The van der Waals surface area contributed by atoms with E-state index in [0.29, 0.717) is 11.6 Å². The number of alkyl halides is 2. The van der Waals surface area contributed by atoms with E-state index in [1.165, 1.54) is 0 Å². The van der Waals surface area contributed by atoms with Crippen molar-refractivity contribution in [3.63, 3.8) is 0 Å². The first-order chi connectivity index (χ1) is 6.50. The molecule has 3 heteroatoms. The molecule has 1 fully saturated rings. The van der Waals surface area contributed by atoms with Crippen LogP contribution in [-0.2, 0) is 0 Å². The molecular formula is C11H13F2N. The number of hydrogen-bond acceptors (Lipinski definition) is 1. The molecule has 1 saturated carbocycles. The molecule has 1 nitrogen and oxygen atoms in total. The fourth-order valence-corrected chi connectivity index (χ4v) is 1.52. The summed E-state index contributed by atoms with van der Waals surface area (Å²) < 4.78 is 25.5. The predicted octanol–water partition coefficient (Wildman–Crippen LogP) is 3.33. The molecule has 0 saturated heterocycles. The lowest BCUT2D eigenvalue weighted by Crippen LogP contribution is -1.99. The van der Waals surface area contributed by atoms with Crippen LogP contribution in [0.4, 0.5) is 8.78 Å². The Hall–Kier alpha value is -0.990. The summed E-state index contributed by atoms with van der Waals surface area (Å²) >= 11 is 0. The second kappa shape index (κ2) is 3.01. The van der Waals surface area contributed by atoms with Crippen LogP contribution in [0.5, 0.6) is 0 Å². The number of halogens is 2. The summed E-state index contributed by atoms with van der Waals surface area (Å²) in [5.41, 5.74) is 1.44. The normalized spacial score (nSPS) is 23.9. The van der Waals surface area contributed by atoms with E-state index in [1.807, 2.05) is 26.0 Å². The van der Waals surface area contributed by atoms with Gasteiger partial charge in [-0.15, -0.1) is 0 Å². The van der Waals surface area contributed by atoms with Crippen molar-refractivity contribution in [3.05, 3.63) is 29.6 Å². The first-order valence-corrected chi connectivity index (χ1v) is 4.85. The summed E-state index contributed by atoms with van der Waals surface area (Å²) in [7, 11) is 0. The highest BCUT2D eigenvalue weighted by atomic mass is 19.3. The molecule has 0 amide bonds. The Morgan fingerprint density at radius 1 is 1.43 bits per heavy atom. The van der Waals surface area contributed by atoms with Crippen molar-refractivity contribution in [1.82, 2.24) is 4.98 Å². The largest absolute Gasteiger partial charge is 0.257 e. The average Bonchev–Trinajstić information content (AvgIpc) is 2.75. The Bertz CT molecular complexity index is 347. The second-order valence-corrected chi connectivity index (χ2v) is 4.16. The van der Waals surface area contributed by atoms with Crippen molar-refractivity contribution >= 4 is 0 Å². The second-order valence-electron chi connectivity index (χ2n) is 4.16. The lowest BCUT2D eigenvalue weighted by atomic mass is 10.1. The third-order valence-electron chi connectivity index (χ3n) is 2.57. The van der Waals surface area contributed by atoms with Crippen molar-refractivity contribution < 1.29 is 8.78 Å². The van der Waals surface area contributed by atoms with E-state index in [4.69, 9.17) is 0 Å². The Labute approximate surface area is 82.2 Å². The van der Waals surface area contributed by atoms with Crippen LogP contribution < -0.4 is 0 Å². The minimum absolute atomic E-state index is 0.0401. The summed E-state index contributed by atoms with van der Waals surface area (Å²) in [6, 6.07) is 5.39. The van der Waals surface area contributed by atoms with Gasteiger partial charge in [0.2, 0.25) is 0 Å². The van der Waals surface area contributed by atoms with E-state index in [9.17, 15) is 8.78 Å². The smallest absolute Gasteiger partial charge is 0.257 e. The highest BCUT2D eigenvalue weighted by Gasteiger charge is 2.58. The van der Waals surface area contributed by atoms with Gasteiger partial charge in [-0.05, 0) is 18.1 Å². The Balaban J connectivity index is 2.24. The lowest BCUT2D eigenvalue weighted by Gasteiger charge is -2.06. The monoisotopic (exact) mass is 197 g/mol. The van der Waals surface area contributed by atoms with Crippen molar-refractivity contribution in [2.45, 2.75) is 38.0 Å². The minimum atomic E-state index is -2.51. The molecule has 1 heterocycles. The van der Waals surface area contributed by atoms with E-state index < -0.39 is 11.8 Å². The number of aromatic nitrogens is 1. The van der Waals surface area contributed by atoms with Crippen LogP contribution in [0, 0.1) is 0 Å². The molecule has 1 atom stereocenters. The van der Waals surface area contributed by atoms with Gasteiger partial charge in [-0.2, -0.15) is 0 Å². The Morgan fingerprint density at radius 3 is 2.57 bits per heavy atom. The molecule has 14 heavy (non-hydrogen) atoms. The van der Waals surface area contributed by atoms with Gasteiger partial charge in [-0.1, -0.05) is 19.9 Å². The number of rotatable bonds is 2. The van der Waals surface area contributed by atoms with Crippen LogP contribution in [0.15, 0.2) is 18.2 Å². The molecule has 0 bridgehead atoms. The summed E-state index contributed by atoms with van der Waals surface area (Å²) in [6.45, 7) is 4.02. The highest BCUT2D eigenvalue weighted by Crippen LogP contribution is 2.55. The van der Waals surface area contributed by atoms with Gasteiger partial charge in [-0.3, -0.25) is 4.98 Å². The van der Waals surface area contributed by atoms with E-state index in [2.05, 4.69) is 4.98 Å². The van der Waals surface area contributed by atoms with E-state index in [-0.39, 0.29) is 6.42 Å². The zero-order chi connectivity index (χ0) is 10.3. The Kier molecular flexibility index (Phi) is 2.05. The molecule has 76 valence electrons.